The van der Waals surface area contributed by atoms with Crippen LogP contribution in [0.4, 0.5) is 0 Å². The Morgan fingerprint density at radius 3 is 1.69 bits per heavy atom. The van der Waals surface area contributed by atoms with Crippen molar-refractivity contribution in [3.8, 4) is 0 Å². The summed E-state index contributed by atoms with van der Waals surface area (Å²) in [6.07, 6.45) is 0. The Labute approximate surface area is 90.2 Å². The zero-order valence-corrected chi connectivity index (χ0v) is 13.0. The van der Waals surface area contributed by atoms with Crippen molar-refractivity contribution in [1.82, 2.24) is 8.42 Å². The van der Waals surface area contributed by atoms with E-state index in [1.165, 1.54) is 0 Å². The van der Waals surface area contributed by atoms with Gasteiger partial charge in [-0.25, -0.2) is 4.00 Å². The molecule has 13 heavy (non-hydrogen) atoms. The molecule has 0 atom stereocenters. The summed E-state index contributed by atoms with van der Waals surface area (Å²) in [4.78, 5) is 0. The molecule has 0 saturated heterocycles. The number of hydrogen-bond acceptors (Lipinski definition) is 1. The Bertz CT molecular complexity index is 243. The normalized spacial score (nSPS) is 12.8. The average Bonchev–Trinajstić information content (AvgIpc) is 1.81. The third-order valence-corrected chi connectivity index (χ3v) is 12.7. The van der Waals surface area contributed by atoms with Crippen molar-refractivity contribution in [2.45, 2.75) is 39.3 Å². The number of hydrogen-bond donors (Lipinski definition) is 0. The van der Waals surface area contributed by atoms with Crippen molar-refractivity contribution >= 4 is 42.4 Å². The highest BCUT2D eigenvalue weighted by atomic mass is 32.1. The third-order valence-electron chi connectivity index (χ3n) is 1.45. The lowest BCUT2D eigenvalue weighted by atomic mass is 11.8. The molecule has 2 nitrogen and oxygen atoms in total. The van der Waals surface area contributed by atoms with Gasteiger partial charge >= 0.3 is 13.7 Å². The van der Waals surface area contributed by atoms with Gasteiger partial charge in [-0.3, -0.25) is 0 Å². The molecule has 0 heterocycles. The van der Waals surface area contributed by atoms with Gasteiger partial charge in [0.1, 0.15) is 16.5 Å². The monoisotopic (exact) mass is 249 g/mol. The SMILES string of the molecule is C[Si](C)(C)N(P=[N+]=C=S)[Si](C)(C)C. The van der Waals surface area contributed by atoms with Gasteiger partial charge in [0.25, 0.3) is 0 Å². The average molecular weight is 249 g/mol. The minimum atomic E-state index is -1.26. The second-order valence-electron chi connectivity index (χ2n) is 4.93. The van der Waals surface area contributed by atoms with Crippen LogP contribution in [0.25, 0.3) is 0 Å². The topological polar surface area (TPSA) is 17.3 Å². The van der Waals surface area contributed by atoms with Gasteiger partial charge in [-0.15, -0.1) is 0 Å². The summed E-state index contributed by atoms with van der Waals surface area (Å²) in [6, 6.07) is 0. The Balaban J connectivity index is 5.00. The van der Waals surface area contributed by atoms with Crippen LogP contribution in [0.2, 0.25) is 39.3 Å². The van der Waals surface area contributed by atoms with Gasteiger partial charge in [0, 0.05) is 4.42 Å². The molecule has 0 unspecified atom stereocenters. The van der Waals surface area contributed by atoms with Crippen LogP contribution < -0.4 is 4.42 Å². The molecule has 0 saturated carbocycles. The molecule has 0 aliphatic rings. The molecule has 0 aliphatic carbocycles. The maximum absolute atomic E-state index is 4.60. The molecule has 0 aliphatic heterocycles. The van der Waals surface area contributed by atoms with Gasteiger partial charge in [0.05, 0.1) is 12.2 Å². The van der Waals surface area contributed by atoms with E-state index in [0.717, 1.165) is 8.52 Å². The first kappa shape index (κ1) is 13.4. The van der Waals surface area contributed by atoms with E-state index in [1.807, 2.05) is 0 Å². The molecule has 74 valence electrons. The number of nitrogens with zero attached hydrogens (tertiary/aromatic N) is 2. The first-order valence-electron chi connectivity index (χ1n) is 4.27. The van der Waals surface area contributed by atoms with Crippen LogP contribution >= 0.6 is 20.7 Å². The van der Waals surface area contributed by atoms with Gasteiger partial charge in [-0.2, -0.15) is 0 Å². The van der Waals surface area contributed by atoms with E-state index in [1.54, 1.807) is 0 Å². The number of isothiocyanates is 1. The molecule has 0 bridgehead atoms. The van der Waals surface area contributed by atoms with Gasteiger partial charge < -0.3 is 0 Å². The predicted octanol–water partition coefficient (Wildman–Crippen LogP) is 3.17. The largest absolute Gasteiger partial charge is 0.462 e. The second kappa shape index (κ2) is 4.76. The Morgan fingerprint density at radius 1 is 1.08 bits per heavy atom. The lowest BCUT2D eigenvalue weighted by molar-refractivity contribution is 0.991. The molecule has 0 aromatic heterocycles. The number of rotatable bonds is 3. The highest BCUT2D eigenvalue weighted by Crippen LogP contribution is 2.26. The lowest BCUT2D eigenvalue weighted by Crippen LogP contribution is -2.53. The van der Waals surface area contributed by atoms with Gasteiger partial charge in [0.2, 0.25) is 0 Å². The minimum Gasteiger partial charge on any atom is -0.232 e. The molecule has 0 aromatic rings. The maximum atomic E-state index is 4.60. The highest BCUT2D eigenvalue weighted by molar-refractivity contribution is 7.78. The van der Waals surface area contributed by atoms with Gasteiger partial charge in [-0.1, -0.05) is 39.3 Å². The summed E-state index contributed by atoms with van der Waals surface area (Å²) in [5, 5.41) is 2.44. The Morgan fingerprint density at radius 2 is 1.46 bits per heavy atom. The van der Waals surface area contributed by atoms with Crippen LogP contribution in [-0.2, 0) is 0 Å². The van der Waals surface area contributed by atoms with E-state index in [-0.39, 0.29) is 0 Å². The molecule has 0 N–H and O–H groups in total. The van der Waals surface area contributed by atoms with Gasteiger partial charge in [-0.05, 0) is 0 Å². The predicted molar refractivity (Wildman–Crippen MR) is 70.2 cm³/mol. The molecule has 6 heteroatoms. The summed E-state index contributed by atoms with van der Waals surface area (Å²) in [5.41, 5.74) is 0. The highest BCUT2D eigenvalue weighted by Gasteiger charge is 2.37. The van der Waals surface area contributed by atoms with Crippen LogP contribution in [0.15, 0.2) is 0 Å². The van der Waals surface area contributed by atoms with Crippen molar-refractivity contribution in [3.05, 3.63) is 0 Å². The van der Waals surface area contributed by atoms with Crippen LogP contribution in [0.3, 0.4) is 0 Å². The van der Waals surface area contributed by atoms with Crippen LogP contribution in [0, 0.1) is 0 Å². The molecule has 0 rings (SSSR count). The first-order chi connectivity index (χ1) is 5.69. The summed E-state index contributed by atoms with van der Waals surface area (Å²) >= 11 is 4.60. The van der Waals surface area contributed by atoms with E-state index in [0.29, 0.717) is 0 Å². The van der Waals surface area contributed by atoms with E-state index in [2.05, 4.69) is 65.1 Å². The van der Waals surface area contributed by atoms with Crippen molar-refractivity contribution in [2.75, 3.05) is 0 Å². The van der Waals surface area contributed by atoms with E-state index >= 15 is 0 Å². The first-order valence-corrected chi connectivity index (χ1v) is 12.4. The van der Waals surface area contributed by atoms with Crippen molar-refractivity contribution < 1.29 is 0 Å². The van der Waals surface area contributed by atoms with Crippen molar-refractivity contribution in [2.24, 2.45) is 0 Å². The summed E-state index contributed by atoms with van der Waals surface area (Å²) in [6.45, 7) is 14.1. The molecular formula is C7H18N2PSSi2+. The van der Waals surface area contributed by atoms with Crippen LogP contribution in [0.5, 0.6) is 0 Å². The fraction of sp³-hybridized carbons (Fsp3) is 0.857. The molecule has 0 fully saturated rings. The number of thiocarbonyl (C=S) groups is 1. The second-order valence-corrected chi connectivity index (χ2v) is 16.7. The van der Waals surface area contributed by atoms with Crippen LogP contribution in [-0.4, -0.2) is 25.6 Å². The molecule has 0 amide bonds. The zero-order chi connectivity index (χ0) is 10.7. The lowest BCUT2D eigenvalue weighted by Gasteiger charge is -2.34. The zero-order valence-electron chi connectivity index (χ0n) is 9.25. The summed E-state index contributed by atoms with van der Waals surface area (Å²) < 4.78 is 6.58. The Kier molecular flexibility index (Phi) is 4.91. The fourth-order valence-corrected chi connectivity index (χ4v) is 12.0. The van der Waals surface area contributed by atoms with Crippen molar-refractivity contribution in [1.29, 1.82) is 0 Å². The van der Waals surface area contributed by atoms with E-state index in [4.69, 9.17) is 0 Å². The fourth-order valence-electron chi connectivity index (χ4n) is 1.34. The standard InChI is InChI=1S/C7H18N2PSSi2/c1-12(2,3)9(10-8-7-11)13(4,5)6/h1-6H3/q+1. The molecule has 0 aromatic carbocycles. The third kappa shape index (κ3) is 4.99. The van der Waals surface area contributed by atoms with Crippen LogP contribution in [0.1, 0.15) is 0 Å². The molecule has 0 radical (unpaired) electrons. The smallest absolute Gasteiger partial charge is 0.232 e. The minimum absolute atomic E-state index is 0.997. The summed E-state index contributed by atoms with van der Waals surface area (Å²) in [7, 11) is -1.52. The van der Waals surface area contributed by atoms with Crippen molar-refractivity contribution in [3.63, 3.8) is 0 Å². The van der Waals surface area contributed by atoms with E-state index < -0.39 is 16.5 Å². The Hall–Kier alpha value is 0.404. The van der Waals surface area contributed by atoms with E-state index in [9.17, 15) is 0 Å². The summed E-state index contributed by atoms with van der Waals surface area (Å²) in [5.74, 6) is 0. The quantitative estimate of drug-likeness (QED) is 0.251. The maximum Gasteiger partial charge on any atom is 0.462 e. The molecular weight excluding hydrogens is 231 g/mol. The molecule has 0 spiro atoms. The van der Waals surface area contributed by atoms with Gasteiger partial charge in [0.15, 0.2) is 0 Å².